The molecule has 0 bridgehead atoms. The lowest BCUT2D eigenvalue weighted by Gasteiger charge is -2.25. The van der Waals surface area contributed by atoms with Crippen LogP contribution in [0.2, 0.25) is 0 Å². The van der Waals surface area contributed by atoms with Crippen molar-refractivity contribution in [2.75, 3.05) is 11.9 Å². The fourth-order valence-electron chi connectivity index (χ4n) is 2.51. The van der Waals surface area contributed by atoms with Gasteiger partial charge >= 0.3 is 0 Å². The van der Waals surface area contributed by atoms with Crippen LogP contribution in [0.5, 0.6) is 0 Å². The van der Waals surface area contributed by atoms with Gasteiger partial charge in [-0.15, -0.1) is 0 Å². The van der Waals surface area contributed by atoms with Gasteiger partial charge in [-0.3, -0.25) is 0 Å². The summed E-state index contributed by atoms with van der Waals surface area (Å²) in [5.41, 5.74) is 6.03. The average Bonchev–Trinajstić information content (AvgIpc) is 2.39. The predicted molar refractivity (Wildman–Crippen MR) is 71.3 cm³/mol. The molecule has 1 N–H and O–H groups in total. The molecule has 0 fully saturated rings. The first-order chi connectivity index (χ1) is 7.48. The Kier molecular flexibility index (Phi) is 2.96. The molecule has 1 heterocycles. The number of benzene rings is 1. The molecule has 0 amide bonds. The normalized spacial score (nSPS) is 16.2. The molecule has 0 atom stereocenters. The zero-order valence-corrected chi connectivity index (χ0v) is 11.0. The Morgan fingerprint density at radius 3 is 2.56 bits per heavy atom. The van der Waals surface area contributed by atoms with Gasteiger partial charge in [-0.1, -0.05) is 38.5 Å². The average molecular weight is 217 g/mol. The fourth-order valence-corrected chi connectivity index (χ4v) is 2.51. The Labute approximate surface area is 99.3 Å². The van der Waals surface area contributed by atoms with E-state index in [9.17, 15) is 0 Å². The van der Waals surface area contributed by atoms with Crippen LogP contribution in [0.3, 0.4) is 0 Å². The van der Waals surface area contributed by atoms with Crippen LogP contribution >= 0.6 is 0 Å². The number of nitrogens with one attached hydrogen (secondary N) is 1. The summed E-state index contributed by atoms with van der Waals surface area (Å²) >= 11 is 0. The van der Waals surface area contributed by atoms with Crippen molar-refractivity contribution in [2.24, 2.45) is 0 Å². The minimum atomic E-state index is 0.230. The number of rotatable bonds is 0. The number of anilines is 1. The molecule has 1 aromatic rings. The van der Waals surface area contributed by atoms with Crippen LogP contribution in [0.25, 0.3) is 0 Å². The van der Waals surface area contributed by atoms with E-state index in [0.717, 1.165) is 6.54 Å². The number of fused-ring (bicyclic) bond motifs is 1. The van der Waals surface area contributed by atoms with Crippen molar-refractivity contribution in [3.63, 3.8) is 0 Å². The van der Waals surface area contributed by atoms with Gasteiger partial charge in [0.15, 0.2) is 0 Å². The van der Waals surface area contributed by atoms with Crippen molar-refractivity contribution < 1.29 is 0 Å². The summed E-state index contributed by atoms with van der Waals surface area (Å²) in [6.07, 6.45) is 3.83. The topological polar surface area (TPSA) is 12.0 Å². The summed E-state index contributed by atoms with van der Waals surface area (Å²) in [4.78, 5) is 0. The molecule has 2 rings (SSSR count). The largest absolute Gasteiger partial charge is 0.385 e. The van der Waals surface area contributed by atoms with Gasteiger partial charge in [-0.05, 0) is 42.7 Å². The Morgan fingerprint density at radius 2 is 1.88 bits per heavy atom. The highest BCUT2D eigenvalue weighted by atomic mass is 14.9. The Balaban J connectivity index is 2.55. The molecule has 1 heteroatoms. The van der Waals surface area contributed by atoms with E-state index in [4.69, 9.17) is 0 Å². The highest BCUT2D eigenvalue weighted by Gasteiger charge is 2.21. The van der Waals surface area contributed by atoms with Crippen LogP contribution in [0.15, 0.2) is 12.1 Å². The van der Waals surface area contributed by atoms with E-state index in [-0.39, 0.29) is 5.41 Å². The molecular weight excluding hydrogens is 194 g/mol. The number of aryl methyl sites for hydroxylation is 2. The van der Waals surface area contributed by atoms with Gasteiger partial charge in [0.25, 0.3) is 0 Å². The molecule has 0 saturated carbocycles. The Morgan fingerprint density at radius 1 is 1.12 bits per heavy atom. The molecule has 88 valence electrons. The molecule has 0 aliphatic carbocycles. The van der Waals surface area contributed by atoms with E-state index < -0.39 is 0 Å². The van der Waals surface area contributed by atoms with Crippen molar-refractivity contribution in [3.05, 3.63) is 28.8 Å². The second-order valence-corrected chi connectivity index (χ2v) is 5.98. The maximum absolute atomic E-state index is 3.63. The minimum absolute atomic E-state index is 0.230. The van der Waals surface area contributed by atoms with E-state index in [1.807, 2.05) is 0 Å². The highest BCUT2D eigenvalue weighted by Crippen LogP contribution is 2.35. The van der Waals surface area contributed by atoms with Crippen LogP contribution in [-0.2, 0) is 11.8 Å². The summed E-state index contributed by atoms with van der Waals surface area (Å²) in [5, 5.41) is 3.63. The van der Waals surface area contributed by atoms with Crippen LogP contribution in [0, 0.1) is 6.92 Å². The van der Waals surface area contributed by atoms with Crippen molar-refractivity contribution in [1.82, 2.24) is 0 Å². The molecule has 0 radical (unpaired) electrons. The highest BCUT2D eigenvalue weighted by molar-refractivity contribution is 5.62. The van der Waals surface area contributed by atoms with E-state index in [1.165, 1.54) is 41.6 Å². The van der Waals surface area contributed by atoms with Gasteiger partial charge in [0, 0.05) is 12.2 Å². The zero-order valence-electron chi connectivity index (χ0n) is 11.0. The van der Waals surface area contributed by atoms with Crippen molar-refractivity contribution in [2.45, 2.75) is 52.4 Å². The molecule has 0 saturated heterocycles. The van der Waals surface area contributed by atoms with Crippen LogP contribution in [0.4, 0.5) is 5.69 Å². The maximum atomic E-state index is 3.63. The minimum Gasteiger partial charge on any atom is -0.385 e. The SMILES string of the molecule is Cc1cc2c(c(C(C)(C)C)c1)NCCCC2. The first-order valence-electron chi connectivity index (χ1n) is 6.36. The second-order valence-electron chi connectivity index (χ2n) is 5.98. The van der Waals surface area contributed by atoms with E-state index in [2.05, 4.69) is 45.1 Å². The summed E-state index contributed by atoms with van der Waals surface area (Å²) in [7, 11) is 0. The van der Waals surface area contributed by atoms with Gasteiger partial charge in [-0.25, -0.2) is 0 Å². The lowest BCUT2D eigenvalue weighted by Crippen LogP contribution is -2.16. The van der Waals surface area contributed by atoms with Gasteiger partial charge in [0.1, 0.15) is 0 Å². The quantitative estimate of drug-likeness (QED) is 0.691. The molecule has 1 aliphatic heterocycles. The monoisotopic (exact) mass is 217 g/mol. The number of hydrogen-bond acceptors (Lipinski definition) is 1. The van der Waals surface area contributed by atoms with Gasteiger partial charge in [0.2, 0.25) is 0 Å². The molecule has 16 heavy (non-hydrogen) atoms. The van der Waals surface area contributed by atoms with Crippen LogP contribution < -0.4 is 5.32 Å². The van der Waals surface area contributed by atoms with E-state index in [1.54, 1.807) is 0 Å². The fraction of sp³-hybridized carbons (Fsp3) is 0.600. The molecular formula is C15H23N. The van der Waals surface area contributed by atoms with Crippen LogP contribution in [0.1, 0.15) is 50.3 Å². The molecule has 0 unspecified atom stereocenters. The molecule has 1 nitrogen and oxygen atoms in total. The van der Waals surface area contributed by atoms with Gasteiger partial charge in [0.05, 0.1) is 0 Å². The lowest BCUT2D eigenvalue weighted by atomic mass is 9.83. The third-order valence-electron chi connectivity index (χ3n) is 3.35. The summed E-state index contributed by atoms with van der Waals surface area (Å²) in [5.74, 6) is 0. The Hall–Kier alpha value is -0.980. The number of hydrogen-bond donors (Lipinski definition) is 1. The van der Waals surface area contributed by atoms with E-state index >= 15 is 0 Å². The van der Waals surface area contributed by atoms with Gasteiger partial charge < -0.3 is 5.32 Å². The van der Waals surface area contributed by atoms with Crippen molar-refractivity contribution in [3.8, 4) is 0 Å². The van der Waals surface area contributed by atoms with E-state index in [0.29, 0.717) is 0 Å². The van der Waals surface area contributed by atoms with Crippen LogP contribution in [-0.4, -0.2) is 6.54 Å². The van der Waals surface area contributed by atoms with Gasteiger partial charge in [-0.2, -0.15) is 0 Å². The summed E-state index contributed by atoms with van der Waals surface area (Å²) in [6, 6.07) is 4.69. The first-order valence-corrected chi connectivity index (χ1v) is 6.36. The van der Waals surface area contributed by atoms with Crippen molar-refractivity contribution in [1.29, 1.82) is 0 Å². The summed E-state index contributed by atoms with van der Waals surface area (Å²) < 4.78 is 0. The lowest BCUT2D eigenvalue weighted by molar-refractivity contribution is 0.590. The molecule has 1 aromatic carbocycles. The first kappa shape index (κ1) is 11.5. The second kappa shape index (κ2) is 4.12. The zero-order chi connectivity index (χ0) is 11.8. The summed E-state index contributed by atoms with van der Waals surface area (Å²) in [6.45, 7) is 10.2. The molecule has 0 spiro atoms. The smallest absolute Gasteiger partial charge is 0.0410 e. The molecule has 0 aromatic heterocycles. The standard InChI is InChI=1S/C15H23N/c1-11-9-12-7-5-6-8-16-14(12)13(10-11)15(2,3)4/h9-10,16H,5-8H2,1-4H3. The predicted octanol–water partition coefficient (Wildman–Crippen LogP) is 4.04. The van der Waals surface area contributed by atoms with Crippen molar-refractivity contribution >= 4 is 5.69 Å². The molecule has 1 aliphatic rings. The Bertz CT molecular complexity index is 385. The maximum Gasteiger partial charge on any atom is 0.0410 e. The third kappa shape index (κ3) is 2.23. The third-order valence-corrected chi connectivity index (χ3v) is 3.35.